The van der Waals surface area contributed by atoms with Crippen LogP contribution in [0.5, 0.6) is 0 Å². The topological polar surface area (TPSA) is 107 Å². The van der Waals surface area contributed by atoms with Crippen molar-refractivity contribution in [3.63, 3.8) is 0 Å². The Hall–Kier alpha value is 1.49. The summed E-state index contributed by atoms with van der Waals surface area (Å²) in [5, 5.41) is 17.5. The average Bonchev–Trinajstić information content (AvgIpc) is 2.57. The monoisotopic (exact) mass is 442 g/mol. The Morgan fingerprint density at radius 3 is 1.50 bits per heavy atom. The minimum Gasteiger partial charge on any atom is -0.726 e. The van der Waals surface area contributed by atoms with Crippen LogP contribution in [0.2, 0.25) is 0 Å². The maximum absolute atomic E-state index is 10.1. The summed E-state index contributed by atoms with van der Waals surface area (Å²) in [4.78, 5) is 0. The summed E-state index contributed by atoms with van der Waals surface area (Å²) in [7, 11) is -4.48. The van der Waals surface area contributed by atoms with E-state index in [9.17, 15) is 13.0 Å². The first-order valence-electron chi connectivity index (χ1n) is 8.96. The standard InChI is InChI=1S/C12H26O4S.C4H10O2S2.Na/c1-2-3-4-5-6-7-8-9-10-11-12-16-17(13,14)15;5-3(1-7)4(6)2-8;/h2-12H2,1H3,(H,13,14,15);3-8H,1-2H2;/q;;+1/p-1/t;3-,4-;/m.1./s1. The van der Waals surface area contributed by atoms with E-state index in [4.69, 9.17) is 10.2 Å². The number of hydrogen-bond donors (Lipinski definition) is 4. The van der Waals surface area contributed by atoms with Crippen LogP contribution in [0.15, 0.2) is 0 Å². The van der Waals surface area contributed by atoms with E-state index >= 15 is 0 Å². The summed E-state index contributed by atoms with van der Waals surface area (Å²) in [6, 6.07) is 0. The Labute approximate surface area is 192 Å². The number of rotatable bonds is 15. The summed E-state index contributed by atoms with van der Waals surface area (Å²) in [6.45, 7) is 2.24. The van der Waals surface area contributed by atoms with Crippen LogP contribution in [0.25, 0.3) is 0 Å². The van der Waals surface area contributed by atoms with Crippen LogP contribution in [0.1, 0.15) is 71.1 Å². The smallest absolute Gasteiger partial charge is 0.726 e. The number of aliphatic hydroxyl groups is 2. The largest absolute Gasteiger partial charge is 1.00 e. The fourth-order valence-electron chi connectivity index (χ4n) is 1.99. The molecule has 6 nitrogen and oxygen atoms in total. The summed E-state index contributed by atoms with van der Waals surface area (Å²) in [5.41, 5.74) is 0. The summed E-state index contributed by atoms with van der Waals surface area (Å²) < 4.78 is 34.5. The molecule has 0 amide bonds. The molecule has 154 valence electrons. The van der Waals surface area contributed by atoms with Gasteiger partial charge in [-0.2, -0.15) is 25.3 Å². The van der Waals surface area contributed by atoms with Crippen LogP contribution < -0.4 is 29.6 Å². The van der Waals surface area contributed by atoms with E-state index in [1.165, 1.54) is 44.9 Å². The molecule has 0 aliphatic heterocycles. The molecule has 0 saturated carbocycles. The minimum atomic E-state index is -4.48. The van der Waals surface area contributed by atoms with E-state index in [-0.39, 0.29) is 47.7 Å². The minimum absolute atomic E-state index is 0. The summed E-state index contributed by atoms with van der Waals surface area (Å²) in [6.07, 6.45) is 10.2. The van der Waals surface area contributed by atoms with Crippen molar-refractivity contribution in [3.8, 4) is 0 Å². The molecule has 0 aliphatic carbocycles. The fourth-order valence-corrected chi connectivity index (χ4v) is 2.80. The number of unbranched alkanes of at least 4 members (excludes halogenated alkanes) is 9. The van der Waals surface area contributed by atoms with E-state index in [1.807, 2.05) is 0 Å². The molecule has 0 unspecified atom stereocenters. The number of aliphatic hydroxyl groups excluding tert-OH is 2. The normalized spacial score (nSPS) is 13.3. The van der Waals surface area contributed by atoms with Gasteiger partial charge < -0.3 is 14.8 Å². The SMILES string of the molecule is CCCCCCCCCCCCOS(=O)(=O)[O-].O[C@H](CS)[C@H](O)CS.[Na+]. The van der Waals surface area contributed by atoms with Crippen LogP contribution in [0.3, 0.4) is 0 Å². The van der Waals surface area contributed by atoms with Gasteiger partial charge in [0.05, 0.1) is 18.8 Å². The molecule has 2 N–H and O–H groups in total. The molecule has 0 aromatic heterocycles. The first-order valence-corrected chi connectivity index (χ1v) is 11.6. The zero-order valence-electron chi connectivity index (χ0n) is 16.2. The Bertz CT molecular complexity index is 363. The number of hydrogen-bond acceptors (Lipinski definition) is 8. The summed E-state index contributed by atoms with van der Waals surface area (Å²) >= 11 is 7.53. The zero-order valence-corrected chi connectivity index (χ0v) is 20.8. The molecule has 0 aliphatic rings. The second-order valence-electron chi connectivity index (χ2n) is 5.91. The second kappa shape index (κ2) is 22.8. The van der Waals surface area contributed by atoms with Crippen molar-refractivity contribution in [2.75, 3.05) is 18.1 Å². The molecule has 0 aromatic carbocycles. The Kier molecular flexibility index (Phi) is 28.2. The van der Waals surface area contributed by atoms with E-state index in [0.717, 1.165) is 12.8 Å². The van der Waals surface area contributed by atoms with Gasteiger partial charge in [0, 0.05) is 11.5 Å². The summed E-state index contributed by atoms with van der Waals surface area (Å²) in [5.74, 6) is 0.559. The first-order chi connectivity index (χ1) is 11.8. The molecule has 0 saturated heterocycles. The van der Waals surface area contributed by atoms with E-state index < -0.39 is 22.6 Å². The first kappa shape index (κ1) is 32.2. The van der Waals surface area contributed by atoms with Crippen LogP contribution in [0, 0.1) is 0 Å². The third kappa shape index (κ3) is 27.7. The predicted molar refractivity (Wildman–Crippen MR) is 107 cm³/mol. The van der Waals surface area contributed by atoms with Crippen molar-refractivity contribution < 1.29 is 56.9 Å². The van der Waals surface area contributed by atoms with Gasteiger partial charge in [0.1, 0.15) is 0 Å². The van der Waals surface area contributed by atoms with Gasteiger partial charge in [0.15, 0.2) is 0 Å². The molecular weight excluding hydrogens is 407 g/mol. The Balaban J connectivity index is -0.000000498. The van der Waals surface area contributed by atoms with Gasteiger partial charge in [-0.15, -0.1) is 0 Å². The molecule has 0 spiro atoms. The Morgan fingerprint density at radius 1 is 0.846 bits per heavy atom. The van der Waals surface area contributed by atoms with Gasteiger partial charge in [-0.1, -0.05) is 64.7 Å². The maximum atomic E-state index is 10.1. The Morgan fingerprint density at radius 2 is 1.19 bits per heavy atom. The van der Waals surface area contributed by atoms with Crippen molar-refractivity contribution in [1.82, 2.24) is 0 Å². The molecule has 26 heavy (non-hydrogen) atoms. The van der Waals surface area contributed by atoms with Gasteiger partial charge in [-0.3, -0.25) is 4.18 Å². The van der Waals surface area contributed by atoms with Gasteiger partial charge in [0.2, 0.25) is 10.4 Å². The van der Waals surface area contributed by atoms with Crippen LogP contribution in [-0.4, -0.2) is 53.5 Å². The quantitative estimate of drug-likeness (QED) is 0.0932. The molecule has 2 atom stereocenters. The molecule has 0 bridgehead atoms. The fraction of sp³-hybridized carbons (Fsp3) is 1.00. The molecule has 0 rings (SSSR count). The van der Waals surface area contributed by atoms with Crippen molar-refractivity contribution in [2.24, 2.45) is 0 Å². The number of thiol groups is 2. The van der Waals surface area contributed by atoms with Crippen LogP contribution >= 0.6 is 25.3 Å². The molecule has 10 heteroatoms. The zero-order chi connectivity index (χ0) is 19.6. The van der Waals surface area contributed by atoms with Crippen LogP contribution in [0.4, 0.5) is 0 Å². The predicted octanol–water partition coefficient (Wildman–Crippen LogP) is -0.0441. The maximum Gasteiger partial charge on any atom is 1.00 e. The van der Waals surface area contributed by atoms with Crippen molar-refractivity contribution >= 4 is 35.7 Å². The van der Waals surface area contributed by atoms with Crippen molar-refractivity contribution in [1.29, 1.82) is 0 Å². The van der Waals surface area contributed by atoms with Crippen molar-refractivity contribution in [3.05, 3.63) is 0 Å². The van der Waals surface area contributed by atoms with Gasteiger partial charge >= 0.3 is 29.6 Å². The molecule has 0 aromatic rings. The van der Waals surface area contributed by atoms with Crippen molar-refractivity contribution in [2.45, 2.75) is 83.3 Å². The third-order valence-corrected chi connectivity index (χ3v) is 4.75. The van der Waals surface area contributed by atoms with E-state index in [1.54, 1.807) is 0 Å². The van der Waals surface area contributed by atoms with E-state index in [2.05, 4.69) is 36.4 Å². The van der Waals surface area contributed by atoms with E-state index in [0.29, 0.717) is 6.42 Å². The second-order valence-corrected chi connectivity index (χ2v) is 7.69. The van der Waals surface area contributed by atoms with Gasteiger partial charge in [-0.25, -0.2) is 8.42 Å². The molecule has 0 fully saturated rings. The van der Waals surface area contributed by atoms with Gasteiger partial charge in [-0.05, 0) is 6.42 Å². The molecule has 0 radical (unpaired) electrons. The molecule has 0 heterocycles. The average molecular weight is 443 g/mol. The third-order valence-electron chi connectivity index (χ3n) is 3.54. The van der Waals surface area contributed by atoms with Gasteiger partial charge in [0.25, 0.3) is 0 Å². The molecular formula is C16H35NaO6S3. The van der Waals surface area contributed by atoms with Crippen LogP contribution in [-0.2, 0) is 14.6 Å².